The molecule has 2 aromatic heterocycles. The number of hydrogen-bond acceptors (Lipinski definition) is 10. The average Bonchev–Trinajstić information content (AvgIpc) is 3.66. The number of morpholine rings is 1. The standard InChI is InChI=1S/C38H45F3N6O5S/c1-5-27(36(49)52-7-3)34(48)29-19-25(10-11-28(29)24(4)26-9-8-12-47(22-26)14-13-46-15-17-51-18-16-46)31-21-43-33(45-37(50)42-6-2)20-30(31)35-44-32(23-53-35)38(39,40)41/h5,10-11,19-21,23,26H,4,6-9,12-18,22H2,1-3H3,(H2,42,43,45,50)/b27-5+. The fourth-order valence-electron chi connectivity index (χ4n) is 6.53. The van der Waals surface area contributed by atoms with Crippen molar-refractivity contribution in [1.82, 2.24) is 25.1 Å². The number of Topliss-reactive ketones (excluding diaryl/α,β-unsaturated/α-hetero) is 1. The van der Waals surface area contributed by atoms with Crippen molar-refractivity contribution in [2.75, 3.05) is 71.0 Å². The van der Waals surface area contributed by atoms with Crippen molar-refractivity contribution < 1.29 is 37.0 Å². The number of esters is 1. The Morgan fingerprint density at radius 1 is 1.08 bits per heavy atom. The number of urea groups is 1. The molecule has 2 aliphatic heterocycles. The van der Waals surface area contributed by atoms with Crippen molar-refractivity contribution in [1.29, 1.82) is 0 Å². The number of aromatic nitrogens is 2. The third kappa shape index (κ3) is 9.96. The van der Waals surface area contributed by atoms with Crippen LogP contribution in [0.4, 0.5) is 23.8 Å². The fraction of sp³-hybridized carbons (Fsp3) is 0.447. The van der Waals surface area contributed by atoms with Crippen LogP contribution >= 0.6 is 11.3 Å². The van der Waals surface area contributed by atoms with E-state index in [2.05, 4.69) is 37.0 Å². The minimum absolute atomic E-state index is 0.0371. The summed E-state index contributed by atoms with van der Waals surface area (Å²) in [5.74, 6) is -1.20. The average molecular weight is 755 g/mol. The number of halogens is 3. The summed E-state index contributed by atoms with van der Waals surface area (Å²) in [7, 11) is 0. The number of carbonyl (C=O) groups is 3. The van der Waals surface area contributed by atoms with E-state index in [0.29, 0.717) is 23.2 Å². The first-order chi connectivity index (χ1) is 25.4. The number of thiazole rings is 1. The fourth-order valence-corrected chi connectivity index (χ4v) is 7.38. The largest absolute Gasteiger partial charge is 0.462 e. The van der Waals surface area contributed by atoms with E-state index in [1.807, 2.05) is 0 Å². The van der Waals surface area contributed by atoms with E-state index < -0.39 is 29.7 Å². The minimum atomic E-state index is -4.67. The Morgan fingerprint density at radius 2 is 1.83 bits per heavy atom. The van der Waals surface area contributed by atoms with Gasteiger partial charge in [-0.15, -0.1) is 11.3 Å². The van der Waals surface area contributed by atoms with Crippen molar-refractivity contribution in [3.8, 4) is 21.7 Å². The molecule has 0 radical (unpaired) electrons. The minimum Gasteiger partial charge on any atom is -0.462 e. The van der Waals surface area contributed by atoms with Crippen molar-refractivity contribution in [2.24, 2.45) is 5.92 Å². The van der Waals surface area contributed by atoms with Crippen LogP contribution in [0.5, 0.6) is 0 Å². The van der Waals surface area contributed by atoms with Gasteiger partial charge in [-0.1, -0.05) is 24.8 Å². The zero-order chi connectivity index (χ0) is 38.1. The third-order valence-electron chi connectivity index (χ3n) is 9.29. The molecule has 0 bridgehead atoms. The molecular formula is C38H45F3N6O5S. The maximum Gasteiger partial charge on any atom is 0.434 e. The number of ketones is 1. The van der Waals surface area contributed by atoms with Gasteiger partial charge in [0, 0.05) is 67.5 Å². The first kappa shape index (κ1) is 39.8. The number of pyridine rings is 1. The molecular weight excluding hydrogens is 710 g/mol. The molecule has 2 N–H and O–H groups in total. The molecule has 2 fully saturated rings. The molecule has 11 nitrogen and oxygen atoms in total. The summed E-state index contributed by atoms with van der Waals surface area (Å²) < 4.78 is 51.6. The number of likely N-dealkylation sites (tertiary alicyclic amines) is 1. The summed E-state index contributed by atoms with van der Waals surface area (Å²) in [4.78, 5) is 52.6. The van der Waals surface area contributed by atoms with Crippen LogP contribution in [-0.4, -0.2) is 103 Å². The highest BCUT2D eigenvalue weighted by molar-refractivity contribution is 7.13. The highest BCUT2D eigenvalue weighted by atomic mass is 32.1. The maximum absolute atomic E-state index is 14.3. The molecule has 1 atom stereocenters. The predicted molar refractivity (Wildman–Crippen MR) is 199 cm³/mol. The number of allylic oxidation sites excluding steroid dienone is 1. The maximum atomic E-state index is 14.3. The van der Waals surface area contributed by atoms with Crippen molar-refractivity contribution in [3.05, 3.63) is 70.9 Å². The van der Waals surface area contributed by atoms with E-state index in [1.165, 1.54) is 18.3 Å². The van der Waals surface area contributed by atoms with Gasteiger partial charge in [-0.25, -0.2) is 19.6 Å². The van der Waals surface area contributed by atoms with Gasteiger partial charge in [-0.3, -0.25) is 15.0 Å². The number of hydrogen-bond donors (Lipinski definition) is 2. The highest BCUT2D eigenvalue weighted by Gasteiger charge is 2.34. The van der Waals surface area contributed by atoms with Gasteiger partial charge in [0.1, 0.15) is 16.4 Å². The number of nitrogens with zero attached hydrogens (tertiary/aromatic N) is 4. The van der Waals surface area contributed by atoms with Crippen molar-refractivity contribution in [2.45, 2.75) is 39.8 Å². The Morgan fingerprint density at radius 3 is 2.51 bits per heavy atom. The molecule has 0 spiro atoms. The van der Waals surface area contributed by atoms with Crippen LogP contribution in [0.25, 0.3) is 27.3 Å². The number of rotatable bonds is 13. The molecule has 0 aliphatic carbocycles. The number of amides is 2. The number of piperidine rings is 1. The molecule has 3 aromatic rings. The van der Waals surface area contributed by atoms with Gasteiger partial charge in [0.15, 0.2) is 5.69 Å². The van der Waals surface area contributed by atoms with Crippen LogP contribution in [0.1, 0.15) is 55.2 Å². The van der Waals surface area contributed by atoms with Crippen LogP contribution in [0, 0.1) is 5.92 Å². The number of alkyl halides is 3. The van der Waals surface area contributed by atoms with Crippen LogP contribution < -0.4 is 10.6 Å². The van der Waals surface area contributed by atoms with Gasteiger partial charge in [0.05, 0.1) is 19.8 Å². The van der Waals surface area contributed by atoms with Crippen LogP contribution in [0.2, 0.25) is 0 Å². The summed E-state index contributed by atoms with van der Waals surface area (Å²) in [6, 6.07) is 6.04. The monoisotopic (exact) mass is 754 g/mol. The zero-order valence-electron chi connectivity index (χ0n) is 30.2. The third-order valence-corrected chi connectivity index (χ3v) is 10.2. The van der Waals surface area contributed by atoms with Gasteiger partial charge < -0.3 is 19.7 Å². The smallest absolute Gasteiger partial charge is 0.434 e. The lowest BCUT2D eigenvalue weighted by Crippen LogP contribution is -2.44. The van der Waals surface area contributed by atoms with Crippen molar-refractivity contribution >= 4 is 40.5 Å². The molecule has 53 heavy (non-hydrogen) atoms. The van der Waals surface area contributed by atoms with Gasteiger partial charge in [-0.05, 0) is 74.9 Å². The van der Waals surface area contributed by atoms with Crippen LogP contribution in [-0.2, 0) is 20.4 Å². The molecule has 2 saturated heterocycles. The van der Waals surface area contributed by atoms with E-state index in [9.17, 15) is 27.6 Å². The molecule has 2 aliphatic rings. The molecule has 284 valence electrons. The van der Waals surface area contributed by atoms with E-state index in [4.69, 9.17) is 9.47 Å². The van der Waals surface area contributed by atoms with Crippen LogP contribution in [0.15, 0.2) is 54.1 Å². The SMILES string of the molecule is C=C(c1ccc(-c2cnc(NC(=O)NCC)cc2-c2nc(C(F)(F)F)cs2)cc1C(=O)/C(=C\C)C(=O)OCC)C1CCCN(CCN2CCOCC2)C1. The van der Waals surface area contributed by atoms with Crippen molar-refractivity contribution in [3.63, 3.8) is 0 Å². The Labute approximate surface area is 311 Å². The van der Waals surface area contributed by atoms with E-state index >= 15 is 0 Å². The Bertz CT molecular complexity index is 1840. The second-order valence-corrected chi connectivity index (χ2v) is 13.6. The number of anilines is 1. The lowest BCUT2D eigenvalue weighted by atomic mass is 9.82. The van der Waals surface area contributed by atoms with E-state index in [-0.39, 0.29) is 40.1 Å². The molecule has 1 unspecified atom stereocenters. The molecule has 5 rings (SSSR count). The van der Waals surface area contributed by atoms with E-state index in [0.717, 1.165) is 87.6 Å². The van der Waals surface area contributed by atoms with Gasteiger partial charge in [-0.2, -0.15) is 13.2 Å². The van der Waals surface area contributed by atoms with Gasteiger partial charge >= 0.3 is 18.2 Å². The summed E-state index contributed by atoms with van der Waals surface area (Å²) in [6.45, 7) is 16.7. The first-order valence-corrected chi connectivity index (χ1v) is 18.6. The Kier molecular flexibility index (Phi) is 13.5. The normalized spacial score (nSPS) is 17.3. The number of nitrogens with one attached hydrogen (secondary N) is 2. The molecule has 0 saturated carbocycles. The molecule has 1 aromatic carbocycles. The second-order valence-electron chi connectivity index (χ2n) is 12.8. The van der Waals surface area contributed by atoms with E-state index in [1.54, 1.807) is 39.0 Å². The Hall–Kier alpha value is -4.44. The second kappa shape index (κ2) is 18.1. The van der Waals surface area contributed by atoms with Gasteiger partial charge in [0.25, 0.3) is 0 Å². The summed E-state index contributed by atoms with van der Waals surface area (Å²) in [5.41, 5.74) is 1.39. The zero-order valence-corrected chi connectivity index (χ0v) is 31.0. The first-order valence-electron chi connectivity index (χ1n) is 17.8. The predicted octanol–water partition coefficient (Wildman–Crippen LogP) is 6.78. The van der Waals surface area contributed by atoms with Crippen LogP contribution in [0.3, 0.4) is 0 Å². The topological polar surface area (TPSA) is 126 Å². The molecule has 4 heterocycles. The number of ether oxygens (including phenoxy) is 2. The highest BCUT2D eigenvalue weighted by Crippen LogP contribution is 2.40. The quantitative estimate of drug-likeness (QED) is 0.0639. The number of carbonyl (C=O) groups excluding carboxylic acids is 3. The number of benzene rings is 1. The summed E-state index contributed by atoms with van der Waals surface area (Å²) >= 11 is 0.792. The lowest BCUT2D eigenvalue weighted by Gasteiger charge is -2.36. The lowest BCUT2D eigenvalue weighted by molar-refractivity contribution is -0.140. The molecule has 2 amide bonds. The summed E-state index contributed by atoms with van der Waals surface area (Å²) in [6.07, 6.45) is -0.0126. The summed E-state index contributed by atoms with van der Waals surface area (Å²) in [5, 5.41) is 6.15. The van der Waals surface area contributed by atoms with Gasteiger partial charge in [0.2, 0.25) is 5.78 Å². The Balaban J connectivity index is 1.55. The molecule has 15 heteroatoms.